The van der Waals surface area contributed by atoms with Gasteiger partial charge in [-0.15, -0.1) is 0 Å². The molecule has 0 aliphatic heterocycles. The average Bonchev–Trinajstić information content (AvgIpc) is 3.26. The van der Waals surface area contributed by atoms with Crippen molar-refractivity contribution in [3.8, 4) is 5.82 Å². The van der Waals surface area contributed by atoms with Gasteiger partial charge in [-0.05, 0) is 20.2 Å². The van der Waals surface area contributed by atoms with Crippen LogP contribution in [-0.4, -0.2) is 81.9 Å². The third kappa shape index (κ3) is 4.84. The van der Waals surface area contributed by atoms with E-state index in [1.165, 1.54) is 0 Å². The second kappa shape index (κ2) is 9.87. The summed E-state index contributed by atoms with van der Waals surface area (Å²) in [5.74, 6) is 1.50. The van der Waals surface area contributed by atoms with Crippen LogP contribution in [0.3, 0.4) is 0 Å². The van der Waals surface area contributed by atoms with Gasteiger partial charge in [-0.1, -0.05) is 18.2 Å². The second-order valence-electron chi connectivity index (χ2n) is 8.32. The predicted octanol–water partition coefficient (Wildman–Crippen LogP) is 2.51. The molecule has 0 fully saturated rings. The molecule has 2 heterocycles. The summed E-state index contributed by atoms with van der Waals surface area (Å²) in [7, 11) is 7.34. The highest BCUT2D eigenvalue weighted by atomic mass is 16.6. The molecule has 0 spiro atoms. The molecule has 3 aromatic rings. The fourth-order valence-electron chi connectivity index (χ4n) is 3.86. The van der Waals surface area contributed by atoms with Gasteiger partial charge in [0, 0.05) is 43.9 Å². The molecule has 11 heteroatoms. The summed E-state index contributed by atoms with van der Waals surface area (Å²) in [4.78, 5) is 24.4. The molecule has 34 heavy (non-hydrogen) atoms. The Balaban J connectivity index is 1.59. The third-order valence-electron chi connectivity index (χ3n) is 5.70. The number of fused-ring (bicyclic) bond motifs is 1. The number of rotatable bonds is 9. The first-order valence-electron chi connectivity index (χ1n) is 10.9. The van der Waals surface area contributed by atoms with E-state index in [2.05, 4.69) is 20.4 Å². The summed E-state index contributed by atoms with van der Waals surface area (Å²) < 4.78 is 7.33. The SMILES string of the molecule is COC1=CC(N(C)CCN(C)C)=C([N+](=O)[O-])CC1Nc1nccc(-n2ncc3ccccc32)n1. The second-order valence-corrected chi connectivity index (χ2v) is 8.32. The quantitative estimate of drug-likeness (QED) is 0.377. The van der Waals surface area contributed by atoms with Crippen LogP contribution in [0.1, 0.15) is 6.42 Å². The van der Waals surface area contributed by atoms with Gasteiger partial charge in [0.25, 0.3) is 5.70 Å². The third-order valence-corrected chi connectivity index (χ3v) is 5.70. The summed E-state index contributed by atoms with van der Waals surface area (Å²) in [5.41, 5.74) is 1.58. The lowest BCUT2D eigenvalue weighted by atomic mass is 10.0. The van der Waals surface area contributed by atoms with Crippen LogP contribution in [0.5, 0.6) is 0 Å². The number of ether oxygens (including phenoxy) is 1. The van der Waals surface area contributed by atoms with E-state index in [-0.39, 0.29) is 17.0 Å². The van der Waals surface area contributed by atoms with Crippen LogP contribution in [0.15, 0.2) is 66.0 Å². The van der Waals surface area contributed by atoms with Crippen LogP contribution in [0, 0.1) is 10.1 Å². The number of anilines is 1. The van der Waals surface area contributed by atoms with Crippen LogP contribution in [0.4, 0.5) is 5.95 Å². The highest BCUT2D eigenvalue weighted by molar-refractivity contribution is 5.79. The number of aromatic nitrogens is 4. The minimum Gasteiger partial charge on any atom is -0.499 e. The molecule has 11 nitrogen and oxygen atoms in total. The maximum absolute atomic E-state index is 11.9. The molecule has 1 N–H and O–H groups in total. The molecule has 0 amide bonds. The monoisotopic (exact) mass is 464 g/mol. The Hall–Kier alpha value is -3.99. The van der Waals surface area contributed by atoms with Crippen LogP contribution in [0.25, 0.3) is 16.7 Å². The van der Waals surface area contributed by atoms with Gasteiger partial charge in [0.15, 0.2) is 5.82 Å². The number of methoxy groups -OCH3 is 1. The van der Waals surface area contributed by atoms with Gasteiger partial charge >= 0.3 is 0 Å². The highest BCUT2D eigenvalue weighted by Gasteiger charge is 2.33. The summed E-state index contributed by atoms with van der Waals surface area (Å²) in [6, 6.07) is 9.12. The Morgan fingerprint density at radius 1 is 1.24 bits per heavy atom. The number of likely N-dealkylation sites (N-methyl/N-ethyl adjacent to an activating group) is 2. The highest BCUT2D eigenvalue weighted by Crippen LogP contribution is 2.29. The molecular weight excluding hydrogens is 436 g/mol. The first-order valence-corrected chi connectivity index (χ1v) is 10.9. The van der Waals surface area contributed by atoms with Crippen LogP contribution in [-0.2, 0) is 4.74 Å². The van der Waals surface area contributed by atoms with Crippen molar-refractivity contribution < 1.29 is 9.66 Å². The zero-order valence-corrected chi connectivity index (χ0v) is 19.7. The standard InChI is InChI=1S/C23H28N8O3/c1-28(2)11-12-29(3)19-14-21(34-4)17(13-20(19)31(32)33)26-23-24-10-9-22(27-23)30-18-8-6-5-7-16(18)15-25-30/h5-10,14-15,17H,11-13H2,1-4H3,(H,24,26,27). The molecule has 1 aliphatic carbocycles. The fourth-order valence-corrected chi connectivity index (χ4v) is 3.86. The van der Waals surface area contributed by atoms with E-state index in [9.17, 15) is 10.1 Å². The normalized spacial score (nSPS) is 16.0. The lowest BCUT2D eigenvalue weighted by molar-refractivity contribution is -0.430. The van der Waals surface area contributed by atoms with Crippen molar-refractivity contribution in [2.24, 2.45) is 0 Å². The topological polar surface area (TPSA) is 114 Å². The Kier molecular flexibility index (Phi) is 6.73. The summed E-state index contributed by atoms with van der Waals surface area (Å²) in [5, 5.41) is 20.5. The Bertz CT molecular complexity index is 1250. The average molecular weight is 465 g/mol. The number of nitrogens with zero attached hydrogens (tertiary/aromatic N) is 7. The van der Waals surface area contributed by atoms with E-state index < -0.39 is 6.04 Å². The lowest BCUT2D eigenvalue weighted by Crippen LogP contribution is -2.35. The van der Waals surface area contributed by atoms with E-state index in [4.69, 9.17) is 4.74 Å². The molecule has 1 atom stereocenters. The van der Waals surface area contributed by atoms with Crippen LogP contribution >= 0.6 is 0 Å². The smallest absolute Gasteiger partial charge is 0.271 e. The zero-order chi connectivity index (χ0) is 24.2. The van der Waals surface area contributed by atoms with Crippen molar-refractivity contribution in [2.75, 3.05) is 46.7 Å². The minimum absolute atomic E-state index is 0.119. The molecule has 4 rings (SSSR count). The lowest BCUT2D eigenvalue weighted by Gasteiger charge is -2.29. The molecular formula is C23H28N8O3. The van der Waals surface area contributed by atoms with Crippen molar-refractivity contribution in [1.82, 2.24) is 29.5 Å². The number of nitrogens with one attached hydrogen (secondary N) is 1. The van der Waals surface area contributed by atoms with Gasteiger partial charge in [0.2, 0.25) is 5.95 Å². The van der Waals surface area contributed by atoms with E-state index in [0.29, 0.717) is 29.8 Å². The number of hydrogen-bond acceptors (Lipinski definition) is 9. The minimum atomic E-state index is -0.485. The molecule has 0 saturated carbocycles. The maximum Gasteiger partial charge on any atom is 0.271 e. The predicted molar refractivity (Wildman–Crippen MR) is 129 cm³/mol. The number of hydrogen-bond donors (Lipinski definition) is 1. The number of para-hydroxylation sites is 1. The first-order chi connectivity index (χ1) is 16.4. The largest absolute Gasteiger partial charge is 0.499 e. The maximum atomic E-state index is 11.9. The summed E-state index contributed by atoms with van der Waals surface area (Å²) in [6.45, 7) is 1.42. The summed E-state index contributed by atoms with van der Waals surface area (Å²) >= 11 is 0. The van der Waals surface area contributed by atoms with Crippen molar-refractivity contribution >= 4 is 16.9 Å². The molecule has 0 radical (unpaired) electrons. The molecule has 1 unspecified atom stereocenters. The number of nitro groups is 1. The van der Waals surface area contributed by atoms with Crippen LogP contribution < -0.4 is 5.32 Å². The van der Waals surface area contributed by atoms with Crippen LogP contribution in [0.2, 0.25) is 0 Å². The van der Waals surface area contributed by atoms with Gasteiger partial charge < -0.3 is 19.9 Å². The molecule has 178 valence electrons. The van der Waals surface area contributed by atoms with E-state index in [1.54, 1.807) is 36.3 Å². The van der Waals surface area contributed by atoms with E-state index >= 15 is 0 Å². The van der Waals surface area contributed by atoms with Gasteiger partial charge in [-0.2, -0.15) is 10.1 Å². The Morgan fingerprint density at radius 3 is 2.76 bits per heavy atom. The fraction of sp³-hybridized carbons (Fsp3) is 0.348. The van der Waals surface area contributed by atoms with Gasteiger partial charge in [0.1, 0.15) is 11.5 Å². The van der Waals surface area contributed by atoms with Crippen molar-refractivity contribution in [1.29, 1.82) is 0 Å². The number of benzene rings is 1. The van der Waals surface area contributed by atoms with Gasteiger partial charge in [0.05, 0.1) is 36.2 Å². The molecule has 0 saturated heterocycles. The first kappa shape index (κ1) is 23.2. The molecule has 2 aromatic heterocycles. The zero-order valence-electron chi connectivity index (χ0n) is 19.7. The molecule has 1 aromatic carbocycles. The van der Waals surface area contributed by atoms with Gasteiger partial charge in [-0.25, -0.2) is 9.67 Å². The Labute approximate surface area is 197 Å². The summed E-state index contributed by atoms with van der Waals surface area (Å²) in [6.07, 6.45) is 5.26. The van der Waals surface area contributed by atoms with Crippen molar-refractivity contribution in [3.63, 3.8) is 0 Å². The van der Waals surface area contributed by atoms with Crippen molar-refractivity contribution in [2.45, 2.75) is 12.5 Å². The number of allylic oxidation sites excluding steroid dienone is 1. The van der Waals surface area contributed by atoms with Gasteiger partial charge in [-0.3, -0.25) is 10.1 Å². The molecule has 1 aliphatic rings. The Morgan fingerprint density at radius 2 is 2.03 bits per heavy atom. The van der Waals surface area contributed by atoms with E-state index in [0.717, 1.165) is 17.4 Å². The molecule has 0 bridgehead atoms. The van der Waals surface area contributed by atoms with Crippen molar-refractivity contribution in [3.05, 3.63) is 76.1 Å². The van der Waals surface area contributed by atoms with E-state index in [1.807, 2.05) is 55.2 Å².